The van der Waals surface area contributed by atoms with Crippen LogP contribution >= 0.6 is 0 Å². The van der Waals surface area contributed by atoms with Crippen LogP contribution in [0.4, 0.5) is 0 Å². The van der Waals surface area contributed by atoms with Crippen molar-refractivity contribution in [2.45, 2.75) is 292 Å². The summed E-state index contributed by atoms with van der Waals surface area (Å²) in [6, 6.07) is 82.3. The molecule has 9 aromatic carbocycles. The molecular formula is C115H144O18S6. The molecule has 12 bridgehead atoms. The molecule has 24 heteroatoms. The van der Waals surface area contributed by atoms with Gasteiger partial charge in [-0.3, -0.25) is 19.2 Å². The number of unbranched alkanes of at least 4 members (excludes halogenated alkanes) is 10. The topological polar surface area (TPSA) is 286 Å². The Balaban J connectivity index is 0.000000143. The van der Waals surface area contributed by atoms with Crippen LogP contribution in [-0.2, 0) is 96.4 Å². The van der Waals surface area contributed by atoms with Gasteiger partial charge in [0.1, 0.15) is 31.3 Å². The Hall–Kier alpha value is -8.56. The minimum absolute atomic E-state index is 0.0229. The van der Waals surface area contributed by atoms with Crippen LogP contribution in [0, 0.1) is 104 Å². The Kier molecular flexibility index (Phi) is 39.6. The molecule has 0 atom stereocenters. The summed E-state index contributed by atoms with van der Waals surface area (Å²) in [6.07, 6.45) is 34.4. The lowest BCUT2D eigenvalue weighted by molar-refractivity contribution is -0.171. The highest BCUT2D eigenvalue weighted by Crippen LogP contribution is 2.63. The predicted octanol–water partition coefficient (Wildman–Crippen LogP) is 25.2. The molecule has 12 aliphatic carbocycles. The number of esters is 4. The Morgan fingerprint density at radius 2 is 0.525 bits per heavy atom. The van der Waals surface area contributed by atoms with E-state index in [1.165, 1.54) is 176 Å². The van der Waals surface area contributed by atoms with Gasteiger partial charge in [0.05, 0.1) is 103 Å². The van der Waals surface area contributed by atoms with E-state index in [1.807, 2.05) is 13.8 Å². The fourth-order valence-electron chi connectivity index (χ4n) is 24.2. The smallest absolute Gasteiger partial charge is 0.312 e. The fourth-order valence-corrected chi connectivity index (χ4v) is 31.7. The van der Waals surface area contributed by atoms with E-state index in [0.29, 0.717) is 59.7 Å². The van der Waals surface area contributed by atoms with Crippen molar-refractivity contribution in [3.8, 4) is 11.5 Å². The van der Waals surface area contributed by atoms with E-state index in [1.54, 1.807) is 0 Å². The summed E-state index contributed by atoms with van der Waals surface area (Å²) in [5.74, 6) is 4.77. The zero-order valence-electron chi connectivity index (χ0n) is 82.3. The number of hydrogen-bond acceptors (Lipinski definition) is 18. The average molecular weight is 2010 g/mol. The van der Waals surface area contributed by atoms with Gasteiger partial charge in [0.25, 0.3) is 0 Å². The first kappa shape index (κ1) is 108. The molecule has 0 spiro atoms. The Morgan fingerprint density at radius 3 is 0.784 bits per heavy atom. The van der Waals surface area contributed by atoms with E-state index >= 15 is 0 Å². The largest absolute Gasteiger partial charge is 0.748 e. The van der Waals surface area contributed by atoms with Gasteiger partial charge in [-0.25, -0.2) is 25.3 Å². The number of carbonyl (C=O) groups is 4. The predicted molar refractivity (Wildman–Crippen MR) is 549 cm³/mol. The van der Waals surface area contributed by atoms with Crippen LogP contribution in [0.2, 0.25) is 0 Å². The molecule has 21 rings (SSSR count). The van der Waals surface area contributed by atoms with Crippen LogP contribution < -0.4 is 9.47 Å². The van der Waals surface area contributed by atoms with E-state index in [4.69, 9.17) is 23.7 Å². The molecule has 12 fully saturated rings. The minimum atomic E-state index is -4.30. The molecule has 139 heavy (non-hydrogen) atoms. The second kappa shape index (κ2) is 51.1. The molecule has 12 saturated carbocycles. The molecule has 9 aromatic rings. The van der Waals surface area contributed by atoms with Crippen molar-refractivity contribution < 1.29 is 81.8 Å². The Morgan fingerprint density at radius 1 is 0.295 bits per heavy atom. The lowest BCUT2D eigenvalue weighted by Crippen LogP contribution is -2.50. The number of carbonyl (C=O) groups excluding carboxylic acids is 4. The summed E-state index contributed by atoms with van der Waals surface area (Å²) in [5.41, 5.74) is 4.68. The lowest BCUT2D eigenvalue weighted by Gasteiger charge is -2.55. The van der Waals surface area contributed by atoms with E-state index in [2.05, 4.69) is 265 Å². The first-order chi connectivity index (χ1) is 66.7. The molecule has 0 aliphatic heterocycles. The first-order valence-corrected chi connectivity index (χ1v) is 59.1. The summed E-state index contributed by atoms with van der Waals surface area (Å²) in [5, 5.41) is 0. The summed E-state index contributed by atoms with van der Waals surface area (Å²) >= 11 is 0. The number of benzene rings is 9. The van der Waals surface area contributed by atoms with E-state index in [-0.39, 0.29) is 92.6 Å². The molecule has 12 aliphatic rings. The third-order valence-corrected chi connectivity index (χ3v) is 37.9. The number of aryl methyl sites for hydroxylation is 5. The molecule has 0 N–H and O–H groups in total. The molecule has 748 valence electrons. The molecule has 0 amide bonds. The van der Waals surface area contributed by atoms with Crippen molar-refractivity contribution in [1.82, 2.24) is 0 Å². The average Bonchev–Trinajstić information content (AvgIpc) is 0.748. The molecule has 0 saturated heterocycles. The van der Waals surface area contributed by atoms with Crippen molar-refractivity contribution in [2.24, 2.45) is 69.5 Å². The maximum absolute atomic E-state index is 12.5. The van der Waals surface area contributed by atoms with Crippen LogP contribution in [0.15, 0.2) is 275 Å². The Labute approximate surface area is 836 Å². The maximum atomic E-state index is 12.5. The standard InChI is InChI=1S/C31H39O2S.C26H31OS.C19H17S.3C13H20O5S/c1-4-5-6-7-8-9-10-17-22-30(32)33-31-25(2)23-29(24-26(31)3)34(27-18-13-11-14-19-27)28-20-15-12-16-21-28;1-4-5-6-13-18-27-26-21(2)19-25(20-22(26)3)28(23-14-9-7-10-15-23)24-16-11-8-12-17-24;1-16-12-14-19(15-13-16)20(17-8-4-2-5-9-17)18-10-6-3-7-11-18;3*14-12(18-1-2-19(15,16)17)13-6-9-3-10(7-13)5-11(4-9)8-13/h11-16,18-21,23-24H,4-10,17,22H2,1-3H3;7-12,14-17,19-20H,4-6,13,18H2,1-3H3;2-15H,1H3;3*9-11H,1-8H2,(H,15,16,17)/q3*+1;;;/p-3. The minimum Gasteiger partial charge on any atom is -0.748 e. The fraction of sp³-hybridized carbons (Fsp3) is 0.496. The second-order valence-electron chi connectivity index (χ2n) is 40.8. The normalized spacial score (nSPS) is 23.0. The highest BCUT2D eigenvalue weighted by Gasteiger charge is 2.58. The molecule has 0 heterocycles. The van der Waals surface area contributed by atoms with Gasteiger partial charge in [0.15, 0.2) is 44.1 Å². The molecule has 0 aromatic heterocycles. The van der Waals surface area contributed by atoms with Crippen molar-refractivity contribution >= 4 is 86.9 Å². The van der Waals surface area contributed by atoms with Gasteiger partial charge in [-0.2, -0.15) is 0 Å². The highest BCUT2D eigenvalue weighted by atomic mass is 32.2. The number of hydrogen-bond donors (Lipinski definition) is 0. The highest BCUT2D eigenvalue weighted by molar-refractivity contribution is 7.97. The molecular weight excluding hydrogens is 1860 g/mol. The van der Waals surface area contributed by atoms with Gasteiger partial charge in [-0.1, -0.05) is 205 Å². The maximum Gasteiger partial charge on any atom is 0.312 e. The van der Waals surface area contributed by atoms with Crippen LogP contribution in [0.3, 0.4) is 0 Å². The zero-order valence-corrected chi connectivity index (χ0v) is 87.2. The second-order valence-corrected chi connectivity index (χ2v) is 51.4. The quantitative estimate of drug-likeness (QED) is 0.00873. The SMILES string of the molecule is CCCCCCCCCCC(=O)Oc1c(C)cc([S+](c2ccccc2)c2ccccc2)cc1C.CCCCCCOc1c(C)cc([S+](c2ccccc2)c2ccccc2)cc1C.Cc1ccc([S+](c2ccccc2)c2ccccc2)cc1.O=C(OCCS(=O)(=O)[O-])C12CC3CC(CC(C3)C1)C2.O=C(OCCS(=O)(=O)[O-])C12CC3CC(CC(C3)C1)C2.O=C(OCCS(=O)(=O)[O-])C12CC3CC(CC(C3)C1)C2. The first-order valence-electron chi connectivity index (χ1n) is 50.7. The van der Waals surface area contributed by atoms with Gasteiger partial charge in [-0.15, -0.1) is 0 Å². The lowest BCUT2D eigenvalue weighted by atomic mass is 9.49. The van der Waals surface area contributed by atoms with Crippen molar-refractivity contribution in [3.63, 3.8) is 0 Å². The van der Waals surface area contributed by atoms with Gasteiger partial charge in [0, 0.05) is 30.7 Å². The van der Waals surface area contributed by atoms with E-state index < -0.39 is 47.6 Å². The Bertz CT molecular complexity index is 5310. The van der Waals surface area contributed by atoms with Gasteiger partial charge < -0.3 is 37.3 Å². The van der Waals surface area contributed by atoms with Crippen LogP contribution in [0.25, 0.3) is 0 Å². The van der Waals surface area contributed by atoms with Gasteiger partial charge >= 0.3 is 23.9 Å². The van der Waals surface area contributed by atoms with Crippen molar-refractivity contribution in [1.29, 1.82) is 0 Å². The molecule has 18 nitrogen and oxygen atoms in total. The van der Waals surface area contributed by atoms with E-state index in [0.717, 1.165) is 106 Å². The number of ether oxygens (including phenoxy) is 5. The van der Waals surface area contributed by atoms with Crippen molar-refractivity contribution in [3.05, 3.63) is 258 Å². The monoisotopic (exact) mass is 2000 g/mol. The van der Waals surface area contributed by atoms with Gasteiger partial charge in [0.2, 0.25) is 0 Å². The van der Waals surface area contributed by atoms with Gasteiger partial charge in [-0.05, 0) is 323 Å². The van der Waals surface area contributed by atoms with Crippen LogP contribution in [0.5, 0.6) is 11.5 Å². The third kappa shape index (κ3) is 31.5. The molecule has 0 radical (unpaired) electrons. The third-order valence-electron chi connectivity index (χ3n) is 29.3. The summed E-state index contributed by atoms with van der Waals surface area (Å²) < 4.78 is 122. The summed E-state index contributed by atoms with van der Waals surface area (Å²) in [7, 11) is -13.2. The van der Waals surface area contributed by atoms with Crippen molar-refractivity contribution in [2.75, 3.05) is 43.7 Å². The van der Waals surface area contributed by atoms with Crippen LogP contribution in [0.1, 0.15) is 241 Å². The summed E-state index contributed by atoms with van der Waals surface area (Å²) in [4.78, 5) is 61.3. The van der Waals surface area contributed by atoms with Crippen LogP contribution in [-0.4, -0.2) is 106 Å². The number of rotatable bonds is 37. The van der Waals surface area contributed by atoms with E-state index in [9.17, 15) is 58.1 Å². The molecule has 0 unspecified atom stereocenters. The zero-order chi connectivity index (χ0) is 98.8. The summed E-state index contributed by atoms with van der Waals surface area (Å²) in [6.45, 7) is 15.0.